The van der Waals surface area contributed by atoms with E-state index in [1.807, 2.05) is 6.92 Å². The van der Waals surface area contributed by atoms with Gasteiger partial charge in [-0.1, -0.05) is 0 Å². The highest BCUT2D eigenvalue weighted by Crippen LogP contribution is 2.29. The lowest BCUT2D eigenvalue weighted by molar-refractivity contribution is -0.131. The minimum absolute atomic E-state index is 0.127. The van der Waals surface area contributed by atoms with E-state index in [0.717, 1.165) is 5.56 Å². The minimum atomic E-state index is -0.403. The van der Waals surface area contributed by atoms with Crippen molar-refractivity contribution in [3.05, 3.63) is 58.1 Å². The van der Waals surface area contributed by atoms with Gasteiger partial charge in [-0.25, -0.2) is 0 Å². The Hall–Kier alpha value is -2.62. The summed E-state index contributed by atoms with van der Waals surface area (Å²) >= 11 is 0. The highest BCUT2D eigenvalue weighted by atomic mass is 16.5. The summed E-state index contributed by atoms with van der Waals surface area (Å²) in [6.07, 6.45) is 0. The van der Waals surface area contributed by atoms with E-state index >= 15 is 0 Å². The molecule has 0 amide bonds. The van der Waals surface area contributed by atoms with Gasteiger partial charge in [0.15, 0.2) is 5.78 Å². The van der Waals surface area contributed by atoms with Gasteiger partial charge < -0.3 is 9.84 Å². The van der Waals surface area contributed by atoms with E-state index in [1.54, 1.807) is 44.2 Å². The molecule has 0 saturated carbocycles. The van der Waals surface area contributed by atoms with E-state index in [0.29, 0.717) is 28.0 Å². The van der Waals surface area contributed by atoms with Gasteiger partial charge in [-0.05, 0) is 67.8 Å². The molecule has 0 aromatic heterocycles. The topological polar surface area (TPSA) is 63.6 Å². The standard InChI is InChI=1S/C18H18O4/c1-10-9-16(11(2)12(3)17(10)20)18(21)14-5-7-15(8-6-14)22-13(4)19/h5-9,20H,1-4H3. The number of benzene rings is 2. The lowest BCUT2D eigenvalue weighted by atomic mass is 9.93. The molecule has 0 heterocycles. The van der Waals surface area contributed by atoms with Gasteiger partial charge in [-0.3, -0.25) is 9.59 Å². The van der Waals surface area contributed by atoms with Crippen molar-refractivity contribution >= 4 is 11.8 Å². The number of aromatic hydroxyl groups is 1. The lowest BCUT2D eigenvalue weighted by Gasteiger charge is -2.12. The molecule has 2 rings (SSSR count). The summed E-state index contributed by atoms with van der Waals surface area (Å²) in [6, 6.07) is 8.11. The van der Waals surface area contributed by atoms with Crippen LogP contribution in [0.2, 0.25) is 0 Å². The van der Waals surface area contributed by atoms with Crippen molar-refractivity contribution in [2.24, 2.45) is 0 Å². The number of carbonyl (C=O) groups is 2. The van der Waals surface area contributed by atoms with Crippen LogP contribution in [0.1, 0.15) is 39.5 Å². The Balaban J connectivity index is 2.38. The summed E-state index contributed by atoms with van der Waals surface area (Å²) in [7, 11) is 0. The summed E-state index contributed by atoms with van der Waals surface area (Å²) in [5.41, 5.74) is 3.21. The van der Waals surface area contributed by atoms with Gasteiger partial charge >= 0.3 is 5.97 Å². The number of rotatable bonds is 3. The Labute approximate surface area is 129 Å². The average molecular weight is 298 g/mol. The molecular formula is C18H18O4. The van der Waals surface area contributed by atoms with Crippen LogP contribution in [0.15, 0.2) is 30.3 Å². The van der Waals surface area contributed by atoms with Crippen LogP contribution in [0, 0.1) is 20.8 Å². The van der Waals surface area contributed by atoms with Gasteiger partial charge in [-0.2, -0.15) is 0 Å². The van der Waals surface area contributed by atoms with Crippen molar-refractivity contribution in [3.8, 4) is 11.5 Å². The average Bonchev–Trinajstić information content (AvgIpc) is 2.48. The predicted molar refractivity (Wildman–Crippen MR) is 83.5 cm³/mol. The number of esters is 1. The van der Waals surface area contributed by atoms with Crippen molar-refractivity contribution in [2.45, 2.75) is 27.7 Å². The Morgan fingerprint density at radius 1 is 1.00 bits per heavy atom. The fourth-order valence-corrected chi connectivity index (χ4v) is 2.30. The molecular weight excluding hydrogens is 280 g/mol. The van der Waals surface area contributed by atoms with Crippen molar-refractivity contribution in [1.29, 1.82) is 0 Å². The molecule has 0 atom stereocenters. The summed E-state index contributed by atoms with van der Waals surface area (Å²) in [5.74, 6) is 0.0934. The third-order valence-electron chi connectivity index (χ3n) is 3.68. The quantitative estimate of drug-likeness (QED) is 0.535. The van der Waals surface area contributed by atoms with Gasteiger partial charge in [0.2, 0.25) is 0 Å². The van der Waals surface area contributed by atoms with Crippen LogP contribution in [-0.2, 0) is 4.79 Å². The Bertz CT molecular complexity index is 743. The maximum absolute atomic E-state index is 12.6. The van der Waals surface area contributed by atoms with Crippen LogP contribution < -0.4 is 4.74 Å². The molecule has 0 unspecified atom stereocenters. The van der Waals surface area contributed by atoms with E-state index < -0.39 is 5.97 Å². The third-order valence-corrected chi connectivity index (χ3v) is 3.68. The molecule has 0 aliphatic heterocycles. The number of phenolic OH excluding ortho intramolecular Hbond substituents is 1. The van der Waals surface area contributed by atoms with Gasteiger partial charge in [0.25, 0.3) is 0 Å². The SMILES string of the molecule is CC(=O)Oc1ccc(C(=O)c2cc(C)c(O)c(C)c2C)cc1. The molecule has 4 heteroatoms. The van der Waals surface area contributed by atoms with Crippen molar-refractivity contribution in [1.82, 2.24) is 0 Å². The molecule has 0 bridgehead atoms. The zero-order valence-electron chi connectivity index (χ0n) is 13.1. The highest BCUT2D eigenvalue weighted by molar-refractivity contribution is 6.10. The maximum atomic E-state index is 12.6. The van der Waals surface area contributed by atoms with E-state index in [9.17, 15) is 14.7 Å². The summed E-state index contributed by atoms with van der Waals surface area (Å²) in [5, 5.41) is 9.92. The molecule has 22 heavy (non-hydrogen) atoms. The molecule has 0 aliphatic carbocycles. The zero-order chi connectivity index (χ0) is 16.4. The fraction of sp³-hybridized carbons (Fsp3) is 0.222. The molecule has 0 aliphatic rings. The molecule has 0 spiro atoms. The largest absolute Gasteiger partial charge is 0.507 e. The molecule has 0 radical (unpaired) electrons. The third kappa shape index (κ3) is 3.01. The van der Waals surface area contributed by atoms with Crippen LogP contribution in [0.5, 0.6) is 11.5 Å². The first-order valence-corrected chi connectivity index (χ1v) is 6.94. The first-order valence-electron chi connectivity index (χ1n) is 6.94. The molecule has 4 nitrogen and oxygen atoms in total. The number of phenols is 1. The summed E-state index contributed by atoms with van der Waals surface area (Å²) in [4.78, 5) is 23.5. The number of ether oxygens (including phenoxy) is 1. The summed E-state index contributed by atoms with van der Waals surface area (Å²) in [6.45, 7) is 6.69. The number of ketones is 1. The highest BCUT2D eigenvalue weighted by Gasteiger charge is 2.16. The fourth-order valence-electron chi connectivity index (χ4n) is 2.30. The van der Waals surface area contributed by atoms with Crippen molar-refractivity contribution in [2.75, 3.05) is 0 Å². The van der Waals surface area contributed by atoms with Crippen molar-refractivity contribution in [3.63, 3.8) is 0 Å². The Kier molecular flexibility index (Phi) is 4.31. The minimum Gasteiger partial charge on any atom is -0.507 e. The molecule has 0 fully saturated rings. The second-order valence-electron chi connectivity index (χ2n) is 5.29. The first kappa shape index (κ1) is 15.8. The lowest BCUT2D eigenvalue weighted by Crippen LogP contribution is -2.06. The summed E-state index contributed by atoms with van der Waals surface area (Å²) < 4.78 is 4.95. The zero-order valence-corrected chi connectivity index (χ0v) is 13.1. The Morgan fingerprint density at radius 2 is 1.59 bits per heavy atom. The predicted octanol–water partition coefficient (Wildman–Crippen LogP) is 3.47. The Morgan fingerprint density at radius 3 is 2.14 bits per heavy atom. The normalized spacial score (nSPS) is 10.4. The smallest absolute Gasteiger partial charge is 0.308 e. The van der Waals surface area contributed by atoms with Gasteiger partial charge in [0.05, 0.1) is 0 Å². The van der Waals surface area contributed by atoms with Crippen molar-refractivity contribution < 1.29 is 19.4 Å². The van der Waals surface area contributed by atoms with Crippen LogP contribution in [-0.4, -0.2) is 16.9 Å². The number of carbonyl (C=O) groups excluding carboxylic acids is 2. The second-order valence-corrected chi connectivity index (χ2v) is 5.29. The molecule has 0 saturated heterocycles. The molecule has 114 valence electrons. The number of aryl methyl sites for hydroxylation is 1. The van der Waals surface area contributed by atoms with E-state index in [-0.39, 0.29) is 11.5 Å². The van der Waals surface area contributed by atoms with Gasteiger partial charge in [-0.15, -0.1) is 0 Å². The van der Waals surface area contributed by atoms with Crippen LogP contribution >= 0.6 is 0 Å². The van der Waals surface area contributed by atoms with E-state index in [1.165, 1.54) is 6.92 Å². The van der Waals surface area contributed by atoms with Crippen LogP contribution in [0.25, 0.3) is 0 Å². The molecule has 1 N–H and O–H groups in total. The van der Waals surface area contributed by atoms with E-state index in [2.05, 4.69) is 0 Å². The maximum Gasteiger partial charge on any atom is 0.308 e. The van der Waals surface area contributed by atoms with Gasteiger partial charge in [0, 0.05) is 18.1 Å². The van der Waals surface area contributed by atoms with Crippen LogP contribution in [0.4, 0.5) is 0 Å². The first-order chi connectivity index (χ1) is 10.3. The van der Waals surface area contributed by atoms with E-state index in [4.69, 9.17) is 4.74 Å². The second kappa shape index (κ2) is 6.02. The van der Waals surface area contributed by atoms with Crippen LogP contribution in [0.3, 0.4) is 0 Å². The molecule has 2 aromatic carbocycles. The number of hydrogen-bond acceptors (Lipinski definition) is 4. The monoisotopic (exact) mass is 298 g/mol. The van der Waals surface area contributed by atoms with Gasteiger partial charge in [0.1, 0.15) is 11.5 Å². The number of hydrogen-bond donors (Lipinski definition) is 1. The molecule has 2 aromatic rings.